The van der Waals surface area contributed by atoms with Crippen LogP contribution < -0.4 is 11.2 Å². The summed E-state index contributed by atoms with van der Waals surface area (Å²) >= 11 is 0. The Labute approximate surface area is 75.4 Å². The zero-order valence-electron chi connectivity index (χ0n) is 5.66. The van der Waals surface area contributed by atoms with Crippen LogP contribution in [0.2, 0.25) is 0 Å². The Bertz CT molecular complexity index is 496. The van der Waals surface area contributed by atoms with Gasteiger partial charge >= 0.3 is 5.69 Å². The number of aromatic amines is 3. The van der Waals surface area contributed by atoms with Crippen molar-refractivity contribution in [2.45, 2.75) is 0 Å². The molecule has 0 saturated heterocycles. The van der Waals surface area contributed by atoms with Crippen LogP contribution in [0.5, 0.6) is 0 Å². The Kier molecular flexibility index (Phi) is 2.14. The summed E-state index contributed by atoms with van der Waals surface area (Å²) in [5, 5.41) is 0. The van der Waals surface area contributed by atoms with Gasteiger partial charge in [-0.25, -0.2) is 9.78 Å². The third kappa shape index (κ3) is 1.18. The average molecular weight is 211 g/mol. The first kappa shape index (κ1) is 8.74. The summed E-state index contributed by atoms with van der Waals surface area (Å²) < 4.78 is 0. The van der Waals surface area contributed by atoms with Crippen LogP contribution in [0.25, 0.3) is 11.2 Å². The van der Waals surface area contributed by atoms with Crippen LogP contribution in [0.4, 0.5) is 0 Å². The van der Waals surface area contributed by atoms with Gasteiger partial charge in [-0.1, -0.05) is 0 Å². The van der Waals surface area contributed by atoms with Gasteiger partial charge in [0.05, 0.1) is 6.33 Å². The van der Waals surface area contributed by atoms with E-state index in [-0.39, 0.29) is 27.7 Å². The van der Waals surface area contributed by atoms with Crippen molar-refractivity contribution in [2.24, 2.45) is 0 Å². The smallest absolute Gasteiger partial charge is 0.327 e. The first-order chi connectivity index (χ1) is 5.27. The Morgan fingerprint density at radius 1 is 1.25 bits per heavy atom. The van der Waals surface area contributed by atoms with Gasteiger partial charge in [0.25, 0.3) is 5.56 Å². The summed E-state index contributed by atoms with van der Waals surface area (Å²) in [4.78, 5) is 32.3. The molecule has 0 fully saturated rings. The molecule has 2 heterocycles. The fourth-order valence-corrected chi connectivity index (χ4v) is 0.867. The van der Waals surface area contributed by atoms with Crippen LogP contribution in [0.1, 0.15) is 0 Å². The van der Waals surface area contributed by atoms with Crippen molar-refractivity contribution in [1.29, 1.82) is 0 Å². The summed E-state index contributed by atoms with van der Waals surface area (Å²) in [5.74, 6) is 0. The van der Waals surface area contributed by atoms with Crippen molar-refractivity contribution < 1.29 is 16.5 Å². The van der Waals surface area contributed by atoms with E-state index in [4.69, 9.17) is 0 Å². The van der Waals surface area contributed by atoms with E-state index in [2.05, 4.69) is 19.9 Å². The molecule has 0 unspecified atom stereocenters. The third-order valence-electron chi connectivity index (χ3n) is 1.33. The van der Waals surface area contributed by atoms with Gasteiger partial charge in [-0.2, -0.15) is 0 Å². The normalized spacial score (nSPS) is 9.67. The number of fused-ring (bicyclic) bond motifs is 1. The van der Waals surface area contributed by atoms with E-state index in [9.17, 15) is 9.59 Å². The minimum atomic E-state index is -0.547. The number of hydrogen-bond acceptors (Lipinski definition) is 3. The fraction of sp³-hybridized carbons (Fsp3) is 0. The SMILES string of the molecule is O=c1[nH]c(=O)c2[nH]cnc2[nH]1.[Ni]. The Balaban J connectivity index is 0.000000720. The molecule has 0 aliphatic carbocycles. The van der Waals surface area contributed by atoms with E-state index >= 15 is 0 Å². The number of nitrogens with one attached hydrogen (secondary N) is 3. The second-order valence-corrected chi connectivity index (χ2v) is 2.03. The molecule has 0 spiro atoms. The van der Waals surface area contributed by atoms with Crippen molar-refractivity contribution >= 4 is 11.2 Å². The van der Waals surface area contributed by atoms with Crippen LogP contribution in [0, 0.1) is 0 Å². The maximum absolute atomic E-state index is 10.9. The molecule has 0 radical (unpaired) electrons. The number of rotatable bonds is 0. The fourth-order valence-electron chi connectivity index (χ4n) is 0.867. The molecule has 0 atom stereocenters. The number of hydrogen-bond donors (Lipinski definition) is 3. The Hall–Kier alpha value is -1.36. The van der Waals surface area contributed by atoms with Gasteiger partial charge in [-0.15, -0.1) is 0 Å². The van der Waals surface area contributed by atoms with E-state index < -0.39 is 11.2 Å². The molecule has 0 aliphatic rings. The van der Waals surface area contributed by atoms with Gasteiger partial charge in [-0.3, -0.25) is 14.8 Å². The van der Waals surface area contributed by atoms with Crippen LogP contribution in [0.3, 0.4) is 0 Å². The van der Waals surface area contributed by atoms with Crippen LogP contribution in [0.15, 0.2) is 15.9 Å². The number of imidazole rings is 1. The molecule has 0 aromatic carbocycles. The summed E-state index contributed by atoms with van der Waals surface area (Å²) in [7, 11) is 0. The molecule has 66 valence electrons. The van der Waals surface area contributed by atoms with Gasteiger partial charge in [0.1, 0.15) is 5.52 Å². The van der Waals surface area contributed by atoms with Crippen LogP contribution >= 0.6 is 0 Å². The standard InChI is InChI=1S/C5H4N4O2.Ni/c10-4-2-3(7-1-6-2)8-5(11)9-4;/h1H,(H3,6,7,8,9,10,11);. The minimum absolute atomic E-state index is 0. The zero-order valence-corrected chi connectivity index (χ0v) is 6.64. The van der Waals surface area contributed by atoms with E-state index in [1.54, 1.807) is 0 Å². The molecular weight excluding hydrogens is 207 g/mol. The second kappa shape index (κ2) is 2.94. The number of aromatic nitrogens is 4. The van der Waals surface area contributed by atoms with E-state index in [0.29, 0.717) is 0 Å². The predicted molar refractivity (Wildman–Crippen MR) is 37.3 cm³/mol. The molecule has 0 bridgehead atoms. The van der Waals surface area contributed by atoms with Crippen molar-refractivity contribution in [1.82, 2.24) is 19.9 Å². The molecule has 3 N–H and O–H groups in total. The topological polar surface area (TPSA) is 94.4 Å². The van der Waals surface area contributed by atoms with Crippen molar-refractivity contribution in [3.05, 3.63) is 27.2 Å². The first-order valence-corrected chi connectivity index (χ1v) is 2.93. The zero-order chi connectivity index (χ0) is 7.84. The summed E-state index contributed by atoms with van der Waals surface area (Å²) in [6.45, 7) is 0. The van der Waals surface area contributed by atoms with Gasteiger partial charge in [-0.05, 0) is 0 Å². The molecule has 0 aliphatic heterocycles. The maximum atomic E-state index is 10.9. The van der Waals surface area contributed by atoms with E-state index in [1.807, 2.05) is 0 Å². The van der Waals surface area contributed by atoms with E-state index in [0.717, 1.165) is 0 Å². The molecule has 2 aromatic heterocycles. The summed E-state index contributed by atoms with van der Waals surface area (Å²) in [6.07, 6.45) is 1.34. The van der Waals surface area contributed by atoms with E-state index in [1.165, 1.54) is 6.33 Å². The van der Waals surface area contributed by atoms with Gasteiger partial charge < -0.3 is 4.98 Å². The van der Waals surface area contributed by atoms with Gasteiger partial charge in [0, 0.05) is 16.5 Å². The molecule has 0 amide bonds. The molecule has 12 heavy (non-hydrogen) atoms. The number of H-pyrrole nitrogens is 3. The third-order valence-corrected chi connectivity index (χ3v) is 1.33. The van der Waals surface area contributed by atoms with Crippen LogP contribution in [-0.4, -0.2) is 19.9 Å². The quantitative estimate of drug-likeness (QED) is 0.484. The average Bonchev–Trinajstić information content (AvgIpc) is 2.34. The van der Waals surface area contributed by atoms with Gasteiger partial charge in [0.15, 0.2) is 5.65 Å². The molecule has 0 saturated carbocycles. The molecule has 2 rings (SSSR count). The summed E-state index contributed by atoms with van der Waals surface area (Å²) in [5.41, 5.74) is -0.445. The molecule has 7 heteroatoms. The van der Waals surface area contributed by atoms with Gasteiger partial charge in [0.2, 0.25) is 0 Å². The monoisotopic (exact) mass is 210 g/mol. The van der Waals surface area contributed by atoms with Crippen molar-refractivity contribution in [3.63, 3.8) is 0 Å². The maximum Gasteiger partial charge on any atom is 0.327 e. The first-order valence-electron chi connectivity index (χ1n) is 2.93. The second-order valence-electron chi connectivity index (χ2n) is 2.03. The molecular formula is C5H4N4NiO2. The Morgan fingerprint density at radius 3 is 2.75 bits per heavy atom. The summed E-state index contributed by atoms with van der Waals surface area (Å²) in [6, 6.07) is 0. The van der Waals surface area contributed by atoms with Crippen molar-refractivity contribution in [2.75, 3.05) is 0 Å². The van der Waals surface area contributed by atoms with Crippen LogP contribution in [-0.2, 0) is 16.5 Å². The molecule has 2 aromatic rings. The van der Waals surface area contributed by atoms with Crippen molar-refractivity contribution in [3.8, 4) is 0 Å². The minimum Gasteiger partial charge on any atom is -0.339 e. The number of nitrogens with zero attached hydrogens (tertiary/aromatic N) is 1. The largest absolute Gasteiger partial charge is 0.339 e. The molecule has 6 nitrogen and oxygen atoms in total. The Morgan fingerprint density at radius 2 is 2.00 bits per heavy atom. The predicted octanol–water partition coefficient (Wildman–Crippen LogP) is -1.06.